The van der Waals surface area contributed by atoms with Crippen molar-refractivity contribution in [3.8, 4) is 0 Å². The molecule has 0 radical (unpaired) electrons. The summed E-state index contributed by atoms with van der Waals surface area (Å²) in [6.07, 6.45) is 11.7. The number of aromatic amines is 1. The highest BCUT2D eigenvalue weighted by Gasteiger charge is 2.26. The molecule has 1 aliphatic carbocycles. The minimum atomic E-state index is -0.520. The second kappa shape index (κ2) is 11.2. The Hall–Kier alpha value is -5.15. The number of hydrogen-bond acceptors (Lipinski definition) is 5. The number of allylic oxidation sites excluding steroid dienone is 2. The molecule has 2 aliphatic rings. The van der Waals surface area contributed by atoms with E-state index in [1.807, 2.05) is 96.6 Å². The molecule has 222 valence electrons. The Morgan fingerprint density at radius 1 is 0.977 bits per heavy atom. The van der Waals surface area contributed by atoms with Crippen LogP contribution in [0, 0.1) is 0 Å². The number of nitrogens with one attached hydrogen (secondary N) is 3. The zero-order valence-electron chi connectivity index (χ0n) is 24.5. The van der Waals surface area contributed by atoms with E-state index in [4.69, 9.17) is 0 Å². The molecule has 44 heavy (non-hydrogen) atoms. The van der Waals surface area contributed by atoms with Crippen molar-refractivity contribution >= 4 is 50.8 Å². The number of imidazole rings is 1. The minimum absolute atomic E-state index is 0.119. The first-order chi connectivity index (χ1) is 21.3. The average molecular weight is 587 g/mol. The van der Waals surface area contributed by atoms with E-state index in [-0.39, 0.29) is 17.9 Å². The molecule has 3 heterocycles. The predicted octanol–water partition coefficient (Wildman–Crippen LogP) is 5.72. The molecule has 1 unspecified atom stereocenters. The van der Waals surface area contributed by atoms with Gasteiger partial charge in [-0.2, -0.15) is 0 Å². The van der Waals surface area contributed by atoms with Gasteiger partial charge < -0.3 is 25.6 Å². The fourth-order valence-corrected chi connectivity index (χ4v) is 5.96. The number of aromatic nitrogens is 3. The second-order valence-corrected chi connectivity index (χ2v) is 11.9. The lowest BCUT2D eigenvalue weighted by atomic mass is 9.91. The van der Waals surface area contributed by atoms with Crippen LogP contribution in [0.25, 0.3) is 27.6 Å². The number of nitrogens with zero attached hydrogens (tertiary/aromatic N) is 3. The van der Waals surface area contributed by atoms with Gasteiger partial charge in [0, 0.05) is 53.0 Å². The minimum Gasteiger partial charge on any atom is -0.393 e. The number of hydrogen-bond donors (Lipinski definition) is 4. The molecule has 7 rings (SSSR count). The van der Waals surface area contributed by atoms with Crippen molar-refractivity contribution in [2.24, 2.45) is 0 Å². The van der Waals surface area contributed by atoms with Gasteiger partial charge in [0.05, 0.1) is 22.7 Å². The molecule has 0 bridgehead atoms. The summed E-state index contributed by atoms with van der Waals surface area (Å²) in [4.78, 5) is 36.0. The molecule has 2 aromatic heterocycles. The van der Waals surface area contributed by atoms with Crippen molar-refractivity contribution < 1.29 is 14.7 Å². The zero-order valence-corrected chi connectivity index (χ0v) is 24.5. The number of fused-ring (bicyclic) bond motifs is 2. The largest absolute Gasteiger partial charge is 0.393 e. The number of aliphatic hydroxyl groups excluding tert-OH is 1. The normalized spacial score (nSPS) is 18.9. The van der Waals surface area contributed by atoms with Crippen LogP contribution in [0.4, 0.5) is 11.4 Å². The molecular formula is C35H34N6O3. The highest BCUT2D eigenvalue weighted by Crippen LogP contribution is 2.28. The van der Waals surface area contributed by atoms with Gasteiger partial charge in [0.1, 0.15) is 6.33 Å². The van der Waals surface area contributed by atoms with Crippen molar-refractivity contribution in [3.05, 3.63) is 109 Å². The lowest BCUT2D eigenvalue weighted by molar-refractivity contribution is 0.0922. The van der Waals surface area contributed by atoms with Crippen LogP contribution in [0.15, 0.2) is 97.5 Å². The van der Waals surface area contributed by atoms with Crippen molar-refractivity contribution in [2.75, 3.05) is 23.3 Å². The molecule has 9 nitrogen and oxygen atoms in total. The summed E-state index contributed by atoms with van der Waals surface area (Å²) in [5.41, 5.74) is 5.98. The molecule has 1 saturated heterocycles. The summed E-state index contributed by atoms with van der Waals surface area (Å²) < 4.78 is 2.01. The third-order valence-corrected chi connectivity index (χ3v) is 8.62. The van der Waals surface area contributed by atoms with Gasteiger partial charge in [-0.05, 0) is 98.3 Å². The SMILES string of the molecule is CC1(NC(=O)c2ccc3cc[nH]c3c2)C=CC(n2cnc3cc(NC(=O)c4ccc(N5CCC(O)CC5)cc4)ccc32)=CC1. The van der Waals surface area contributed by atoms with Gasteiger partial charge in [-0.3, -0.25) is 14.2 Å². The molecule has 0 saturated carbocycles. The van der Waals surface area contributed by atoms with Gasteiger partial charge >= 0.3 is 0 Å². The maximum atomic E-state index is 13.0. The quantitative estimate of drug-likeness (QED) is 0.203. The number of H-pyrrole nitrogens is 1. The molecule has 1 aliphatic heterocycles. The molecular weight excluding hydrogens is 552 g/mol. The molecule has 2 amide bonds. The first-order valence-electron chi connectivity index (χ1n) is 14.9. The van der Waals surface area contributed by atoms with Crippen LogP contribution in [0.5, 0.6) is 0 Å². The summed E-state index contributed by atoms with van der Waals surface area (Å²) in [5, 5.41) is 17.0. The van der Waals surface area contributed by atoms with Gasteiger partial charge in [0.2, 0.25) is 0 Å². The number of amides is 2. The molecule has 3 aromatic carbocycles. The highest BCUT2D eigenvalue weighted by molar-refractivity contribution is 6.05. The Labute approximate surface area is 254 Å². The van der Waals surface area contributed by atoms with Crippen LogP contribution >= 0.6 is 0 Å². The van der Waals surface area contributed by atoms with E-state index in [9.17, 15) is 14.7 Å². The second-order valence-electron chi connectivity index (χ2n) is 11.9. The van der Waals surface area contributed by atoms with Crippen molar-refractivity contribution in [1.82, 2.24) is 19.9 Å². The van der Waals surface area contributed by atoms with Crippen molar-refractivity contribution in [2.45, 2.75) is 37.8 Å². The van der Waals surface area contributed by atoms with E-state index in [0.29, 0.717) is 23.2 Å². The molecule has 1 atom stereocenters. The lowest BCUT2D eigenvalue weighted by Gasteiger charge is -2.31. The topological polar surface area (TPSA) is 115 Å². The van der Waals surface area contributed by atoms with Gasteiger partial charge in [-0.25, -0.2) is 4.98 Å². The fraction of sp³-hybridized carbons (Fsp3) is 0.229. The predicted molar refractivity (Wildman–Crippen MR) is 174 cm³/mol. The number of anilines is 2. The molecule has 1 fully saturated rings. The van der Waals surface area contributed by atoms with Crippen LogP contribution < -0.4 is 15.5 Å². The Morgan fingerprint density at radius 3 is 2.55 bits per heavy atom. The Kier molecular flexibility index (Phi) is 7.02. The van der Waals surface area contributed by atoms with Gasteiger partial charge in [0.15, 0.2) is 0 Å². The van der Waals surface area contributed by atoms with Gasteiger partial charge in [-0.15, -0.1) is 0 Å². The first-order valence-corrected chi connectivity index (χ1v) is 14.9. The first kappa shape index (κ1) is 27.7. The van der Waals surface area contributed by atoms with Gasteiger partial charge in [0.25, 0.3) is 11.8 Å². The van der Waals surface area contributed by atoms with Crippen LogP contribution in [-0.4, -0.2) is 56.2 Å². The molecule has 9 heteroatoms. The van der Waals surface area contributed by atoms with E-state index < -0.39 is 5.54 Å². The van der Waals surface area contributed by atoms with Crippen LogP contribution in [0.1, 0.15) is 46.9 Å². The number of rotatable bonds is 6. The molecule has 4 N–H and O–H groups in total. The van der Waals surface area contributed by atoms with Gasteiger partial charge in [-0.1, -0.05) is 18.2 Å². The summed E-state index contributed by atoms with van der Waals surface area (Å²) in [6.45, 7) is 3.64. The van der Waals surface area contributed by atoms with E-state index in [1.165, 1.54) is 0 Å². The number of piperidine rings is 1. The standard InChI is InChI=1S/C35H34N6O3/c1-35(39-34(44)25-3-2-23-12-17-36-30(23)20-25)15-10-28(11-16-35)41-22-37-31-21-26(6-9-32(31)41)38-33(43)24-4-7-27(8-5-24)40-18-13-29(42)14-19-40/h2-12,15,17,20-22,29,36,42H,13-14,16,18-19H2,1H3,(H,38,43)(H,39,44). The van der Waals surface area contributed by atoms with Crippen molar-refractivity contribution in [3.63, 3.8) is 0 Å². The Bertz CT molecular complexity index is 1930. The fourth-order valence-electron chi connectivity index (χ4n) is 5.96. The van der Waals surface area contributed by atoms with Crippen LogP contribution in [0.3, 0.4) is 0 Å². The molecule has 0 spiro atoms. The Morgan fingerprint density at radius 2 is 1.77 bits per heavy atom. The lowest BCUT2D eigenvalue weighted by Crippen LogP contribution is -2.44. The zero-order chi connectivity index (χ0) is 30.3. The highest BCUT2D eigenvalue weighted by atomic mass is 16.3. The van der Waals surface area contributed by atoms with Crippen molar-refractivity contribution in [1.29, 1.82) is 0 Å². The van der Waals surface area contributed by atoms with Crippen LogP contribution in [-0.2, 0) is 0 Å². The average Bonchev–Trinajstić information content (AvgIpc) is 3.68. The molecule has 5 aromatic rings. The third-order valence-electron chi connectivity index (χ3n) is 8.62. The Balaban J connectivity index is 0.998. The maximum Gasteiger partial charge on any atom is 0.255 e. The monoisotopic (exact) mass is 586 g/mol. The summed E-state index contributed by atoms with van der Waals surface area (Å²) in [5.74, 6) is -0.302. The summed E-state index contributed by atoms with van der Waals surface area (Å²) in [6, 6.07) is 20.9. The smallest absolute Gasteiger partial charge is 0.255 e. The maximum absolute atomic E-state index is 13.0. The number of benzene rings is 3. The van der Waals surface area contributed by atoms with E-state index in [2.05, 4.69) is 31.6 Å². The van der Waals surface area contributed by atoms with E-state index in [0.717, 1.165) is 59.3 Å². The van der Waals surface area contributed by atoms with E-state index in [1.54, 1.807) is 6.33 Å². The third kappa shape index (κ3) is 5.49. The number of carbonyl (C=O) groups is 2. The summed E-state index contributed by atoms with van der Waals surface area (Å²) >= 11 is 0. The summed E-state index contributed by atoms with van der Waals surface area (Å²) in [7, 11) is 0. The van der Waals surface area contributed by atoms with Crippen LogP contribution in [0.2, 0.25) is 0 Å². The van der Waals surface area contributed by atoms with E-state index >= 15 is 0 Å². The number of carbonyl (C=O) groups excluding carboxylic acids is 2. The number of aliphatic hydroxyl groups is 1.